The molecule has 5 heteroatoms. The summed E-state index contributed by atoms with van der Waals surface area (Å²) in [4.78, 5) is 2.42. The molecule has 18 heavy (non-hydrogen) atoms. The average molecular weight is 328 g/mol. The number of halogens is 1. The Morgan fingerprint density at radius 1 is 1.28 bits per heavy atom. The van der Waals surface area contributed by atoms with Crippen LogP contribution in [0.1, 0.15) is 6.42 Å². The molecule has 2 aliphatic heterocycles. The van der Waals surface area contributed by atoms with Gasteiger partial charge in [0.15, 0.2) is 0 Å². The number of benzene rings is 1. The van der Waals surface area contributed by atoms with E-state index >= 15 is 0 Å². The third kappa shape index (κ3) is 2.69. The first kappa shape index (κ1) is 12.8. The number of nitrogens with zero attached hydrogens (tertiary/aromatic N) is 3. The molecular formula is C13H18BrN3S. The van der Waals surface area contributed by atoms with E-state index in [2.05, 4.69) is 60.8 Å². The van der Waals surface area contributed by atoms with Crippen molar-refractivity contribution in [3.8, 4) is 0 Å². The van der Waals surface area contributed by atoms with Crippen LogP contribution in [0.15, 0.2) is 28.7 Å². The molecule has 0 bridgehead atoms. The van der Waals surface area contributed by atoms with Crippen molar-refractivity contribution >= 4 is 33.8 Å². The SMILES string of the molecule is CN1CC[C@H](N2CCN(c3cccc(Br)c3)S2)C1. The standard InChI is InChI=1S/C13H18BrN3S/c1-15-6-5-13(10-15)17-8-7-16(18-17)12-4-2-3-11(14)9-12/h2-4,9,13H,5-8,10H2,1H3/t13-/m0/s1. The van der Waals surface area contributed by atoms with E-state index in [1.54, 1.807) is 0 Å². The molecule has 2 aliphatic rings. The second-order valence-electron chi connectivity index (χ2n) is 5.01. The molecule has 2 saturated heterocycles. The molecule has 1 aromatic carbocycles. The lowest BCUT2D eigenvalue weighted by molar-refractivity contribution is 0.348. The minimum Gasteiger partial charge on any atom is -0.305 e. The Hall–Kier alpha value is -0.230. The van der Waals surface area contributed by atoms with Crippen LogP contribution in [0, 0.1) is 0 Å². The molecule has 0 saturated carbocycles. The first-order chi connectivity index (χ1) is 8.72. The maximum absolute atomic E-state index is 3.54. The fraction of sp³-hybridized carbons (Fsp3) is 0.538. The number of hydrogen-bond donors (Lipinski definition) is 0. The van der Waals surface area contributed by atoms with Crippen LogP contribution in [0.5, 0.6) is 0 Å². The Morgan fingerprint density at radius 3 is 2.89 bits per heavy atom. The minimum absolute atomic E-state index is 0.720. The third-order valence-electron chi connectivity index (χ3n) is 3.60. The Balaban J connectivity index is 1.65. The summed E-state index contributed by atoms with van der Waals surface area (Å²) in [5.41, 5.74) is 1.29. The van der Waals surface area contributed by atoms with E-state index in [9.17, 15) is 0 Å². The van der Waals surface area contributed by atoms with E-state index in [4.69, 9.17) is 0 Å². The van der Waals surface area contributed by atoms with Gasteiger partial charge in [-0.1, -0.05) is 22.0 Å². The molecule has 2 fully saturated rings. The van der Waals surface area contributed by atoms with Crippen molar-refractivity contribution in [2.24, 2.45) is 0 Å². The molecule has 98 valence electrons. The van der Waals surface area contributed by atoms with Crippen molar-refractivity contribution in [1.29, 1.82) is 0 Å². The Morgan fingerprint density at radius 2 is 2.17 bits per heavy atom. The molecule has 0 amide bonds. The highest BCUT2D eigenvalue weighted by molar-refractivity contribution is 9.10. The lowest BCUT2D eigenvalue weighted by Gasteiger charge is -2.22. The Kier molecular flexibility index (Phi) is 3.84. The van der Waals surface area contributed by atoms with Crippen molar-refractivity contribution in [3.05, 3.63) is 28.7 Å². The highest BCUT2D eigenvalue weighted by Crippen LogP contribution is 2.34. The predicted octanol–water partition coefficient (Wildman–Crippen LogP) is 2.84. The number of likely N-dealkylation sites (tertiary alicyclic amines) is 1. The molecule has 0 spiro atoms. The fourth-order valence-corrected chi connectivity index (χ4v) is 4.08. The Labute approximate surface area is 122 Å². The quantitative estimate of drug-likeness (QED) is 0.772. The van der Waals surface area contributed by atoms with Crippen LogP contribution in [0.3, 0.4) is 0 Å². The van der Waals surface area contributed by atoms with Gasteiger partial charge < -0.3 is 9.21 Å². The van der Waals surface area contributed by atoms with Crippen LogP contribution in [-0.2, 0) is 0 Å². The van der Waals surface area contributed by atoms with Gasteiger partial charge in [-0.25, -0.2) is 4.31 Å². The molecule has 0 unspecified atom stereocenters. The topological polar surface area (TPSA) is 9.72 Å². The highest BCUT2D eigenvalue weighted by Gasteiger charge is 2.31. The monoisotopic (exact) mass is 327 g/mol. The number of likely N-dealkylation sites (N-methyl/N-ethyl adjacent to an activating group) is 1. The van der Waals surface area contributed by atoms with Crippen LogP contribution >= 0.6 is 28.1 Å². The second-order valence-corrected chi connectivity index (χ2v) is 7.00. The summed E-state index contributed by atoms with van der Waals surface area (Å²) in [6, 6.07) is 9.27. The molecule has 1 aromatic rings. The van der Waals surface area contributed by atoms with Crippen LogP contribution < -0.4 is 4.31 Å². The predicted molar refractivity (Wildman–Crippen MR) is 81.7 cm³/mol. The van der Waals surface area contributed by atoms with Gasteiger partial charge in [0, 0.05) is 48.0 Å². The van der Waals surface area contributed by atoms with E-state index in [-0.39, 0.29) is 0 Å². The first-order valence-corrected chi connectivity index (χ1v) is 7.91. The summed E-state index contributed by atoms with van der Waals surface area (Å²) < 4.78 is 6.09. The summed E-state index contributed by atoms with van der Waals surface area (Å²) >= 11 is 5.43. The van der Waals surface area contributed by atoms with Gasteiger partial charge in [-0.3, -0.25) is 0 Å². The largest absolute Gasteiger partial charge is 0.305 e. The molecular weight excluding hydrogens is 310 g/mol. The molecule has 0 radical (unpaired) electrons. The van der Waals surface area contributed by atoms with Gasteiger partial charge in [0.25, 0.3) is 0 Å². The summed E-state index contributed by atoms with van der Waals surface area (Å²) in [5.74, 6) is 0. The summed E-state index contributed by atoms with van der Waals surface area (Å²) in [5, 5.41) is 0. The van der Waals surface area contributed by atoms with Crippen molar-refractivity contribution in [3.63, 3.8) is 0 Å². The van der Waals surface area contributed by atoms with Gasteiger partial charge in [0.05, 0.1) is 0 Å². The summed E-state index contributed by atoms with van der Waals surface area (Å²) in [7, 11) is 2.22. The molecule has 3 rings (SSSR count). The highest BCUT2D eigenvalue weighted by atomic mass is 79.9. The third-order valence-corrected chi connectivity index (χ3v) is 5.37. The molecule has 0 N–H and O–H groups in total. The van der Waals surface area contributed by atoms with Gasteiger partial charge >= 0.3 is 0 Å². The van der Waals surface area contributed by atoms with E-state index < -0.39 is 0 Å². The molecule has 3 nitrogen and oxygen atoms in total. The molecule has 2 heterocycles. The first-order valence-electron chi connectivity index (χ1n) is 6.39. The molecule has 1 atom stereocenters. The van der Waals surface area contributed by atoms with Gasteiger partial charge in [0.1, 0.15) is 0 Å². The zero-order chi connectivity index (χ0) is 12.5. The van der Waals surface area contributed by atoms with Gasteiger partial charge in [-0.05, 0) is 38.2 Å². The average Bonchev–Trinajstić information content (AvgIpc) is 2.97. The van der Waals surface area contributed by atoms with Crippen molar-refractivity contribution < 1.29 is 0 Å². The van der Waals surface area contributed by atoms with Crippen molar-refractivity contribution in [1.82, 2.24) is 9.21 Å². The van der Waals surface area contributed by atoms with Gasteiger partial charge in [-0.2, -0.15) is 0 Å². The summed E-state index contributed by atoms with van der Waals surface area (Å²) in [6.45, 7) is 4.72. The van der Waals surface area contributed by atoms with E-state index in [0.717, 1.165) is 23.6 Å². The number of rotatable bonds is 2. The zero-order valence-electron chi connectivity index (χ0n) is 10.6. The van der Waals surface area contributed by atoms with Gasteiger partial charge in [0.2, 0.25) is 0 Å². The van der Waals surface area contributed by atoms with E-state index in [0.29, 0.717) is 0 Å². The minimum atomic E-state index is 0.720. The lowest BCUT2D eigenvalue weighted by Crippen LogP contribution is -2.30. The smallest absolute Gasteiger partial charge is 0.0493 e. The second kappa shape index (κ2) is 5.41. The number of anilines is 1. The molecule has 0 aliphatic carbocycles. The fourth-order valence-electron chi connectivity index (χ4n) is 2.60. The van der Waals surface area contributed by atoms with Crippen LogP contribution in [0.2, 0.25) is 0 Å². The van der Waals surface area contributed by atoms with E-state index in [1.807, 2.05) is 12.1 Å². The normalized spacial score (nSPS) is 26.1. The summed E-state index contributed by atoms with van der Waals surface area (Å²) in [6.07, 6.45) is 1.30. The van der Waals surface area contributed by atoms with E-state index in [1.165, 1.54) is 25.2 Å². The van der Waals surface area contributed by atoms with Crippen molar-refractivity contribution in [2.45, 2.75) is 12.5 Å². The molecule has 0 aromatic heterocycles. The number of hydrogen-bond acceptors (Lipinski definition) is 4. The van der Waals surface area contributed by atoms with Crippen LogP contribution in [0.25, 0.3) is 0 Å². The zero-order valence-corrected chi connectivity index (χ0v) is 13.0. The van der Waals surface area contributed by atoms with Gasteiger partial charge in [-0.15, -0.1) is 0 Å². The van der Waals surface area contributed by atoms with Crippen LogP contribution in [-0.4, -0.2) is 48.5 Å². The lowest BCUT2D eigenvalue weighted by atomic mass is 10.2. The Bertz CT molecular complexity index is 428. The van der Waals surface area contributed by atoms with Crippen LogP contribution in [0.4, 0.5) is 5.69 Å². The maximum atomic E-state index is 3.54. The maximum Gasteiger partial charge on any atom is 0.0493 e. The van der Waals surface area contributed by atoms with Crippen molar-refractivity contribution in [2.75, 3.05) is 37.5 Å².